The number of fused-ring (bicyclic) bond motifs is 1. The minimum absolute atomic E-state index is 0.163. The maximum atomic E-state index is 9.84. The molecule has 0 aromatic carbocycles. The van der Waals surface area contributed by atoms with Gasteiger partial charge in [-0.2, -0.15) is 9.61 Å². The van der Waals surface area contributed by atoms with Crippen LogP contribution in [0.5, 0.6) is 0 Å². The normalized spacial score (nSPS) is 9.82. The molecule has 0 saturated heterocycles. The summed E-state index contributed by atoms with van der Waals surface area (Å²) in [6, 6.07) is 0. The lowest BCUT2D eigenvalue weighted by Gasteiger charge is -1.77. The molecule has 2 aromatic rings. The second-order valence-electron chi connectivity index (χ2n) is 1.64. The standard InChI is InChI=1S/C4HN5OS/c10-1-5-3-7-8-4-9(3)6-2-11-4/h2H. The molecule has 0 atom stereocenters. The Morgan fingerprint density at radius 2 is 2.55 bits per heavy atom. The van der Waals surface area contributed by atoms with Gasteiger partial charge in [-0.25, -0.2) is 4.79 Å². The number of aromatic nitrogens is 4. The first-order valence-electron chi connectivity index (χ1n) is 2.64. The third kappa shape index (κ3) is 0.830. The van der Waals surface area contributed by atoms with E-state index in [0.717, 1.165) is 0 Å². The fraction of sp³-hybridized carbons (Fsp3) is 0. The third-order valence-corrected chi connectivity index (χ3v) is 1.73. The Bertz CT molecular complexity index is 424. The Balaban J connectivity index is 2.77. The van der Waals surface area contributed by atoms with Gasteiger partial charge in [-0.05, 0) is 0 Å². The molecule has 6 nitrogen and oxygen atoms in total. The van der Waals surface area contributed by atoms with Gasteiger partial charge in [-0.15, -0.1) is 15.2 Å². The van der Waals surface area contributed by atoms with Gasteiger partial charge in [0.1, 0.15) is 5.51 Å². The number of nitrogens with zero attached hydrogens (tertiary/aromatic N) is 5. The van der Waals surface area contributed by atoms with Crippen molar-refractivity contribution in [2.24, 2.45) is 4.99 Å². The average Bonchev–Trinajstić information content (AvgIpc) is 2.53. The van der Waals surface area contributed by atoms with Crippen LogP contribution in [0.4, 0.5) is 5.95 Å². The first kappa shape index (κ1) is 6.14. The minimum atomic E-state index is 0.163. The van der Waals surface area contributed by atoms with Crippen LogP contribution in [0.25, 0.3) is 4.96 Å². The van der Waals surface area contributed by atoms with Crippen LogP contribution in [0.15, 0.2) is 10.5 Å². The minimum Gasteiger partial charge on any atom is -0.211 e. The van der Waals surface area contributed by atoms with Gasteiger partial charge in [0.2, 0.25) is 11.0 Å². The van der Waals surface area contributed by atoms with Crippen molar-refractivity contribution in [3.63, 3.8) is 0 Å². The number of carbonyl (C=O) groups excluding carboxylic acids is 1. The molecule has 2 aromatic heterocycles. The van der Waals surface area contributed by atoms with Crippen molar-refractivity contribution in [1.82, 2.24) is 19.8 Å². The monoisotopic (exact) mass is 167 g/mol. The highest BCUT2D eigenvalue weighted by Crippen LogP contribution is 2.11. The van der Waals surface area contributed by atoms with Crippen molar-refractivity contribution < 1.29 is 4.79 Å². The molecular formula is C4HN5OS. The van der Waals surface area contributed by atoms with E-state index in [0.29, 0.717) is 4.96 Å². The number of hydrogen-bond acceptors (Lipinski definition) is 6. The molecule has 2 heterocycles. The molecule has 0 aliphatic carbocycles. The van der Waals surface area contributed by atoms with Crippen LogP contribution in [0.2, 0.25) is 0 Å². The van der Waals surface area contributed by atoms with Crippen LogP contribution in [0, 0.1) is 0 Å². The molecule has 2 rings (SSSR count). The average molecular weight is 167 g/mol. The zero-order valence-corrected chi connectivity index (χ0v) is 5.95. The second kappa shape index (κ2) is 2.22. The molecular weight excluding hydrogens is 166 g/mol. The van der Waals surface area contributed by atoms with Crippen LogP contribution >= 0.6 is 11.3 Å². The molecule has 11 heavy (non-hydrogen) atoms. The Morgan fingerprint density at radius 1 is 1.64 bits per heavy atom. The van der Waals surface area contributed by atoms with Crippen LogP contribution in [-0.2, 0) is 4.79 Å². The zero-order chi connectivity index (χ0) is 7.68. The van der Waals surface area contributed by atoms with E-state index in [1.807, 2.05) is 0 Å². The van der Waals surface area contributed by atoms with E-state index in [-0.39, 0.29) is 5.95 Å². The van der Waals surface area contributed by atoms with Crippen LogP contribution in [0.3, 0.4) is 0 Å². The second-order valence-corrected chi connectivity index (χ2v) is 2.45. The van der Waals surface area contributed by atoms with Gasteiger partial charge < -0.3 is 0 Å². The molecule has 0 amide bonds. The Hall–Kier alpha value is -1.59. The van der Waals surface area contributed by atoms with E-state index in [1.165, 1.54) is 21.9 Å². The Morgan fingerprint density at radius 3 is 3.36 bits per heavy atom. The molecule has 0 spiro atoms. The van der Waals surface area contributed by atoms with Gasteiger partial charge >= 0.3 is 0 Å². The van der Waals surface area contributed by atoms with Crippen LogP contribution in [-0.4, -0.2) is 25.9 Å². The lowest BCUT2D eigenvalue weighted by molar-refractivity contribution is 0.565. The first-order valence-corrected chi connectivity index (χ1v) is 3.52. The number of isocyanates is 1. The quantitative estimate of drug-likeness (QED) is 0.447. The molecule has 0 radical (unpaired) electrons. The van der Waals surface area contributed by atoms with E-state index in [2.05, 4.69) is 20.3 Å². The van der Waals surface area contributed by atoms with Crippen molar-refractivity contribution in [3.8, 4) is 0 Å². The fourth-order valence-electron chi connectivity index (χ4n) is 0.661. The predicted octanol–water partition coefficient (Wildman–Crippen LogP) is 0.153. The molecule has 0 N–H and O–H groups in total. The lowest BCUT2D eigenvalue weighted by Crippen LogP contribution is -1.80. The topological polar surface area (TPSA) is 72.5 Å². The molecule has 0 aliphatic heterocycles. The number of aliphatic imine (C=N–C) groups is 1. The molecule has 7 heteroatoms. The lowest BCUT2D eigenvalue weighted by atomic mass is 11.0. The summed E-state index contributed by atoms with van der Waals surface area (Å²) in [6.07, 6.45) is 1.37. The molecule has 0 saturated carbocycles. The summed E-state index contributed by atoms with van der Waals surface area (Å²) in [5, 5.41) is 11.1. The van der Waals surface area contributed by atoms with Crippen molar-refractivity contribution >= 4 is 28.3 Å². The van der Waals surface area contributed by atoms with Crippen molar-refractivity contribution in [2.45, 2.75) is 0 Å². The smallest absolute Gasteiger partial charge is 0.211 e. The van der Waals surface area contributed by atoms with E-state index in [4.69, 9.17) is 0 Å². The maximum Gasteiger partial charge on any atom is 0.283 e. The van der Waals surface area contributed by atoms with Gasteiger partial charge in [0.25, 0.3) is 5.95 Å². The van der Waals surface area contributed by atoms with E-state index in [1.54, 1.807) is 5.51 Å². The highest BCUT2D eigenvalue weighted by atomic mass is 32.1. The van der Waals surface area contributed by atoms with Crippen molar-refractivity contribution in [2.75, 3.05) is 0 Å². The highest BCUT2D eigenvalue weighted by Gasteiger charge is 2.04. The first-order chi connectivity index (χ1) is 5.42. The molecule has 0 aliphatic rings. The largest absolute Gasteiger partial charge is 0.283 e. The van der Waals surface area contributed by atoms with Gasteiger partial charge in [0, 0.05) is 0 Å². The van der Waals surface area contributed by atoms with Crippen LogP contribution in [0.1, 0.15) is 0 Å². The molecule has 0 bridgehead atoms. The van der Waals surface area contributed by atoms with Gasteiger partial charge in [0.15, 0.2) is 0 Å². The van der Waals surface area contributed by atoms with Crippen molar-refractivity contribution in [3.05, 3.63) is 5.51 Å². The summed E-state index contributed by atoms with van der Waals surface area (Å²) in [5.41, 5.74) is 1.59. The zero-order valence-electron chi connectivity index (χ0n) is 5.13. The van der Waals surface area contributed by atoms with E-state index >= 15 is 0 Å². The van der Waals surface area contributed by atoms with Gasteiger partial charge in [0.05, 0.1) is 0 Å². The summed E-state index contributed by atoms with van der Waals surface area (Å²) in [5.74, 6) is 0.163. The summed E-state index contributed by atoms with van der Waals surface area (Å²) in [7, 11) is 0. The molecule has 0 fully saturated rings. The van der Waals surface area contributed by atoms with E-state index < -0.39 is 0 Å². The highest BCUT2D eigenvalue weighted by molar-refractivity contribution is 7.14. The summed E-state index contributed by atoms with van der Waals surface area (Å²) < 4.78 is 1.37. The number of rotatable bonds is 1. The maximum absolute atomic E-state index is 9.84. The summed E-state index contributed by atoms with van der Waals surface area (Å²) in [4.78, 5) is 13.7. The Labute approximate surface area is 64.2 Å². The summed E-state index contributed by atoms with van der Waals surface area (Å²) in [6.45, 7) is 0. The third-order valence-electron chi connectivity index (χ3n) is 1.06. The van der Waals surface area contributed by atoms with Crippen molar-refractivity contribution in [1.29, 1.82) is 0 Å². The Kier molecular flexibility index (Phi) is 1.24. The molecule has 0 unspecified atom stereocenters. The fourth-order valence-corrected chi connectivity index (χ4v) is 1.21. The number of hydrogen-bond donors (Lipinski definition) is 0. The van der Waals surface area contributed by atoms with Gasteiger partial charge in [-0.3, -0.25) is 0 Å². The van der Waals surface area contributed by atoms with E-state index in [9.17, 15) is 4.79 Å². The van der Waals surface area contributed by atoms with Gasteiger partial charge in [-0.1, -0.05) is 11.3 Å². The van der Waals surface area contributed by atoms with Crippen LogP contribution < -0.4 is 0 Å². The summed E-state index contributed by atoms with van der Waals surface area (Å²) >= 11 is 1.32. The SMILES string of the molecule is O=C=Nc1nnc2scnn12. The molecule has 54 valence electrons. The predicted molar refractivity (Wildman–Crippen MR) is 36.4 cm³/mol.